The predicted octanol–water partition coefficient (Wildman–Crippen LogP) is 2.60. The number of nitro benzene ring substituents is 1. The predicted molar refractivity (Wildman–Crippen MR) is 66.9 cm³/mol. The van der Waals surface area contributed by atoms with E-state index in [0.717, 1.165) is 11.1 Å². The van der Waals surface area contributed by atoms with Crippen LogP contribution in [0.25, 0.3) is 0 Å². The maximum atomic E-state index is 10.8. The standard InChI is InChI=1S/C13H18N2O2/c1-8-4-5-9(15(16)17)6-10(8)12-11(7-14)13(12,2)3/h4-6,11-12H,7,14H2,1-3H3/t11-,12-/m1/s1. The molecule has 0 unspecified atom stereocenters. The summed E-state index contributed by atoms with van der Waals surface area (Å²) in [4.78, 5) is 10.5. The lowest BCUT2D eigenvalue weighted by Gasteiger charge is -2.07. The molecule has 92 valence electrons. The van der Waals surface area contributed by atoms with E-state index in [9.17, 15) is 10.1 Å². The van der Waals surface area contributed by atoms with E-state index >= 15 is 0 Å². The van der Waals surface area contributed by atoms with Gasteiger partial charge in [0.05, 0.1) is 4.92 Å². The summed E-state index contributed by atoms with van der Waals surface area (Å²) in [6.07, 6.45) is 0. The lowest BCUT2D eigenvalue weighted by molar-refractivity contribution is -0.384. The van der Waals surface area contributed by atoms with Crippen molar-refractivity contribution in [1.29, 1.82) is 0 Å². The highest BCUT2D eigenvalue weighted by Crippen LogP contribution is 2.64. The molecule has 17 heavy (non-hydrogen) atoms. The molecule has 4 heteroatoms. The van der Waals surface area contributed by atoms with Gasteiger partial charge in [-0.1, -0.05) is 19.9 Å². The van der Waals surface area contributed by atoms with Crippen molar-refractivity contribution in [2.75, 3.05) is 6.54 Å². The molecule has 0 spiro atoms. The summed E-state index contributed by atoms with van der Waals surface area (Å²) in [5.41, 5.74) is 8.28. The first-order valence-corrected chi connectivity index (χ1v) is 5.84. The summed E-state index contributed by atoms with van der Waals surface area (Å²) in [5.74, 6) is 0.788. The van der Waals surface area contributed by atoms with E-state index in [0.29, 0.717) is 18.4 Å². The van der Waals surface area contributed by atoms with Crippen LogP contribution in [0.15, 0.2) is 18.2 Å². The minimum atomic E-state index is -0.338. The lowest BCUT2D eigenvalue weighted by atomic mass is 9.98. The van der Waals surface area contributed by atoms with E-state index in [-0.39, 0.29) is 16.0 Å². The van der Waals surface area contributed by atoms with Gasteiger partial charge < -0.3 is 5.73 Å². The quantitative estimate of drug-likeness (QED) is 0.645. The monoisotopic (exact) mass is 234 g/mol. The fourth-order valence-electron chi connectivity index (χ4n) is 2.88. The van der Waals surface area contributed by atoms with Gasteiger partial charge in [0.25, 0.3) is 5.69 Å². The Kier molecular flexibility index (Phi) is 2.70. The Bertz CT molecular complexity index is 468. The van der Waals surface area contributed by atoms with Crippen LogP contribution in [-0.2, 0) is 0 Å². The van der Waals surface area contributed by atoms with Crippen molar-refractivity contribution < 1.29 is 4.92 Å². The van der Waals surface area contributed by atoms with Gasteiger partial charge in [-0.15, -0.1) is 0 Å². The van der Waals surface area contributed by atoms with Crippen LogP contribution in [-0.4, -0.2) is 11.5 Å². The summed E-state index contributed by atoms with van der Waals surface area (Å²) >= 11 is 0. The minimum absolute atomic E-state index is 0.161. The van der Waals surface area contributed by atoms with Crippen molar-refractivity contribution in [1.82, 2.24) is 0 Å². The first-order chi connectivity index (χ1) is 7.89. The highest BCUT2D eigenvalue weighted by atomic mass is 16.6. The van der Waals surface area contributed by atoms with Gasteiger partial charge in [-0.25, -0.2) is 0 Å². The fourth-order valence-corrected chi connectivity index (χ4v) is 2.88. The third-order valence-corrected chi connectivity index (χ3v) is 4.11. The Hall–Kier alpha value is -1.42. The second kappa shape index (κ2) is 3.81. The smallest absolute Gasteiger partial charge is 0.269 e. The number of hydrogen-bond acceptors (Lipinski definition) is 3. The summed E-state index contributed by atoms with van der Waals surface area (Å²) in [7, 11) is 0. The van der Waals surface area contributed by atoms with Crippen molar-refractivity contribution in [2.45, 2.75) is 26.7 Å². The van der Waals surface area contributed by atoms with Crippen molar-refractivity contribution in [3.8, 4) is 0 Å². The molecule has 2 rings (SSSR count). The average molecular weight is 234 g/mol. The van der Waals surface area contributed by atoms with E-state index in [1.165, 1.54) is 0 Å². The molecule has 2 atom stereocenters. The van der Waals surface area contributed by atoms with E-state index < -0.39 is 0 Å². The van der Waals surface area contributed by atoms with Crippen molar-refractivity contribution in [2.24, 2.45) is 17.1 Å². The Morgan fingerprint density at radius 2 is 2.12 bits per heavy atom. The molecule has 0 bridgehead atoms. The Balaban J connectivity index is 2.40. The SMILES string of the molecule is Cc1ccc([N+](=O)[O-])cc1[C@@H]1[C@@H](CN)C1(C)C. The zero-order valence-corrected chi connectivity index (χ0v) is 10.4. The van der Waals surface area contributed by atoms with Gasteiger partial charge in [0.2, 0.25) is 0 Å². The van der Waals surface area contributed by atoms with Gasteiger partial charge >= 0.3 is 0 Å². The second-order valence-electron chi connectivity index (χ2n) is 5.44. The average Bonchev–Trinajstić information content (AvgIpc) is 2.80. The van der Waals surface area contributed by atoms with E-state index in [2.05, 4.69) is 13.8 Å². The molecule has 1 aromatic rings. The highest BCUT2D eigenvalue weighted by Gasteiger charge is 2.57. The van der Waals surface area contributed by atoms with Crippen LogP contribution >= 0.6 is 0 Å². The number of nitrogens with zero attached hydrogens (tertiary/aromatic N) is 1. The summed E-state index contributed by atoms with van der Waals surface area (Å²) in [5, 5.41) is 10.8. The second-order valence-corrected chi connectivity index (χ2v) is 5.44. The highest BCUT2D eigenvalue weighted by molar-refractivity contribution is 5.45. The van der Waals surface area contributed by atoms with Crippen LogP contribution in [0.3, 0.4) is 0 Å². The van der Waals surface area contributed by atoms with E-state index in [4.69, 9.17) is 5.73 Å². The molecule has 4 nitrogen and oxygen atoms in total. The summed E-state index contributed by atoms with van der Waals surface area (Å²) in [6, 6.07) is 5.10. The maximum absolute atomic E-state index is 10.8. The first kappa shape index (κ1) is 12.0. The fraction of sp³-hybridized carbons (Fsp3) is 0.538. The molecule has 1 aromatic carbocycles. The number of nitrogens with two attached hydrogens (primary N) is 1. The van der Waals surface area contributed by atoms with E-state index in [1.807, 2.05) is 13.0 Å². The Morgan fingerprint density at radius 3 is 2.59 bits per heavy atom. The summed E-state index contributed by atoms with van der Waals surface area (Å²) in [6.45, 7) is 6.99. The molecule has 1 saturated carbocycles. The molecular weight excluding hydrogens is 216 g/mol. The third-order valence-electron chi connectivity index (χ3n) is 4.11. The topological polar surface area (TPSA) is 69.2 Å². The minimum Gasteiger partial charge on any atom is -0.330 e. The Morgan fingerprint density at radius 1 is 1.47 bits per heavy atom. The molecule has 0 amide bonds. The largest absolute Gasteiger partial charge is 0.330 e. The van der Waals surface area contributed by atoms with E-state index in [1.54, 1.807) is 12.1 Å². The van der Waals surface area contributed by atoms with Crippen molar-refractivity contribution >= 4 is 5.69 Å². The molecule has 0 heterocycles. The van der Waals surface area contributed by atoms with Gasteiger partial charge in [0.15, 0.2) is 0 Å². The molecule has 1 fully saturated rings. The molecule has 0 saturated heterocycles. The van der Waals surface area contributed by atoms with Gasteiger partial charge in [-0.3, -0.25) is 10.1 Å². The number of aryl methyl sites for hydroxylation is 1. The normalized spacial score (nSPS) is 25.6. The molecule has 2 N–H and O–H groups in total. The number of benzene rings is 1. The molecule has 0 radical (unpaired) electrons. The number of rotatable bonds is 3. The third kappa shape index (κ3) is 1.82. The van der Waals surface area contributed by atoms with Crippen molar-refractivity contribution in [3.63, 3.8) is 0 Å². The van der Waals surface area contributed by atoms with Gasteiger partial charge in [0.1, 0.15) is 0 Å². The Labute approximate surface area is 101 Å². The number of nitro groups is 1. The molecule has 0 aromatic heterocycles. The molecular formula is C13H18N2O2. The van der Waals surface area contributed by atoms with Crippen LogP contribution in [0.4, 0.5) is 5.69 Å². The van der Waals surface area contributed by atoms with Crippen molar-refractivity contribution in [3.05, 3.63) is 39.4 Å². The van der Waals surface area contributed by atoms with Gasteiger partial charge in [0, 0.05) is 12.1 Å². The van der Waals surface area contributed by atoms with Gasteiger partial charge in [-0.05, 0) is 41.8 Å². The molecule has 1 aliphatic rings. The summed E-state index contributed by atoms with van der Waals surface area (Å²) < 4.78 is 0. The van der Waals surface area contributed by atoms with Crippen LogP contribution in [0, 0.1) is 28.4 Å². The first-order valence-electron chi connectivity index (χ1n) is 5.84. The molecule has 1 aliphatic carbocycles. The van der Waals surface area contributed by atoms with Crippen LogP contribution in [0.2, 0.25) is 0 Å². The lowest BCUT2D eigenvalue weighted by Crippen LogP contribution is -2.05. The van der Waals surface area contributed by atoms with Crippen LogP contribution in [0.5, 0.6) is 0 Å². The number of non-ortho nitro benzene ring substituents is 1. The maximum Gasteiger partial charge on any atom is 0.269 e. The zero-order chi connectivity index (χ0) is 12.8. The van der Waals surface area contributed by atoms with Gasteiger partial charge in [-0.2, -0.15) is 0 Å². The van der Waals surface area contributed by atoms with Crippen LogP contribution < -0.4 is 5.73 Å². The number of hydrogen-bond donors (Lipinski definition) is 1. The van der Waals surface area contributed by atoms with Crippen LogP contribution in [0.1, 0.15) is 30.9 Å². The zero-order valence-electron chi connectivity index (χ0n) is 10.4. The molecule has 0 aliphatic heterocycles.